The summed E-state index contributed by atoms with van der Waals surface area (Å²) in [5.41, 5.74) is 10.7. The van der Waals surface area contributed by atoms with Crippen LogP contribution >= 0.6 is 0 Å². The second-order valence-corrected chi connectivity index (χ2v) is 16.0. The Labute approximate surface area is 291 Å². The summed E-state index contributed by atoms with van der Waals surface area (Å²) < 4.78 is 0. The van der Waals surface area contributed by atoms with Crippen LogP contribution in [-0.4, -0.2) is 34.6 Å². The van der Waals surface area contributed by atoms with Gasteiger partial charge >= 0.3 is 0 Å². The maximum atomic E-state index is 14.6. The number of benzene rings is 6. The Balaban J connectivity index is 1.39. The number of nitrogens with two attached hydrogens (primary N) is 1. The molecule has 0 unspecified atom stereocenters. The van der Waals surface area contributed by atoms with E-state index < -0.39 is 5.41 Å². The minimum atomic E-state index is -0.402. The zero-order valence-electron chi connectivity index (χ0n) is 29.9. The van der Waals surface area contributed by atoms with Gasteiger partial charge in [0.25, 0.3) is 23.6 Å². The lowest BCUT2D eigenvalue weighted by molar-refractivity contribution is 0.0529. The topological polar surface area (TPSA) is 101 Å². The van der Waals surface area contributed by atoms with Gasteiger partial charge in [-0.3, -0.25) is 24.1 Å². The Morgan fingerprint density at radius 2 is 0.920 bits per heavy atom. The van der Waals surface area contributed by atoms with E-state index in [1.807, 2.05) is 74.5 Å². The minimum absolute atomic E-state index is 0.176. The van der Waals surface area contributed by atoms with Gasteiger partial charge in [-0.25, -0.2) is 4.90 Å². The van der Waals surface area contributed by atoms with E-state index in [0.717, 1.165) is 43.4 Å². The molecular formula is C43H41N3O4. The fourth-order valence-electron chi connectivity index (χ4n) is 8.53. The third-order valence-corrected chi connectivity index (χ3v) is 11.0. The average molecular weight is 664 g/mol. The average Bonchev–Trinajstić information content (AvgIpc) is 3.06. The first-order valence-corrected chi connectivity index (χ1v) is 17.5. The van der Waals surface area contributed by atoms with Gasteiger partial charge in [0.1, 0.15) is 0 Å². The molecule has 7 nitrogen and oxygen atoms in total. The molecule has 0 atom stereocenters. The molecule has 6 aromatic rings. The van der Waals surface area contributed by atoms with Crippen LogP contribution in [0.5, 0.6) is 0 Å². The third kappa shape index (κ3) is 4.09. The van der Waals surface area contributed by atoms with Crippen LogP contribution in [0.3, 0.4) is 0 Å². The molecule has 0 radical (unpaired) electrons. The predicted molar refractivity (Wildman–Crippen MR) is 202 cm³/mol. The van der Waals surface area contributed by atoms with Crippen LogP contribution < -0.4 is 10.6 Å². The van der Waals surface area contributed by atoms with E-state index in [0.29, 0.717) is 57.2 Å². The van der Waals surface area contributed by atoms with Crippen molar-refractivity contribution in [2.45, 2.75) is 85.1 Å². The molecule has 50 heavy (non-hydrogen) atoms. The number of hydrogen-bond acceptors (Lipinski definition) is 5. The summed E-state index contributed by atoms with van der Waals surface area (Å²) in [6.07, 6.45) is 1.37. The highest BCUT2D eigenvalue weighted by molar-refractivity contribution is 6.43. The number of rotatable bonds is 4. The maximum Gasteiger partial charge on any atom is 0.265 e. The van der Waals surface area contributed by atoms with Gasteiger partial charge in [-0.05, 0) is 104 Å². The highest BCUT2D eigenvalue weighted by Crippen LogP contribution is 2.48. The Morgan fingerprint density at radius 1 is 0.540 bits per heavy atom. The molecule has 0 aliphatic carbocycles. The number of imide groups is 2. The van der Waals surface area contributed by atoms with E-state index in [1.165, 1.54) is 9.80 Å². The van der Waals surface area contributed by atoms with Gasteiger partial charge < -0.3 is 5.73 Å². The highest BCUT2D eigenvalue weighted by atomic mass is 16.2. The van der Waals surface area contributed by atoms with Crippen LogP contribution in [0.25, 0.3) is 43.1 Å². The molecule has 4 amide bonds. The summed E-state index contributed by atoms with van der Waals surface area (Å²) in [7, 11) is 0. The van der Waals surface area contributed by atoms with E-state index in [4.69, 9.17) is 5.73 Å². The maximum absolute atomic E-state index is 14.6. The second kappa shape index (κ2) is 10.4. The molecule has 7 heteroatoms. The zero-order chi connectivity index (χ0) is 35.8. The number of amides is 4. The molecule has 2 aliphatic rings. The Morgan fingerprint density at radius 3 is 1.28 bits per heavy atom. The molecule has 2 aliphatic heterocycles. The summed E-state index contributed by atoms with van der Waals surface area (Å²) in [6.45, 7) is 16.4. The summed E-state index contributed by atoms with van der Waals surface area (Å²) in [6, 6.07) is 18.7. The molecule has 252 valence electrons. The van der Waals surface area contributed by atoms with Crippen molar-refractivity contribution in [2.24, 2.45) is 0 Å². The molecule has 2 heterocycles. The van der Waals surface area contributed by atoms with Gasteiger partial charge in [0.2, 0.25) is 0 Å². The molecule has 2 N–H and O–H groups in total. The van der Waals surface area contributed by atoms with Gasteiger partial charge in [0.05, 0.1) is 5.69 Å². The van der Waals surface area contributed by atoms with E-state index in [-0.39, 0.29) is 35.1 Å². The first-order valence-electron chi connectivity index (χ1n) is 17.5. The van der Waals surface area contributed by atoms with Gasteiger partial charge in [0, 0.05) is 44.8 Å². The Hall–Kier alpha value is -5.30. The molecular weight excluding hydrogens is 622 g/mol. The summed E-state index contributed by atoms with van der Waals surface area (Å²) in [4.78, 5) is 59.8. The first kappa shape index (κ1) is 31.9. The quantitative estimate of drug-likeness (QED) is 0.0876. The van der Waals surface area contributed by atoms with Crippen molar-refractivity contribution in [3.05, 3.63) is 94.0 Å². The van der Waals surface area contributed by atoms with Crippen molar-refractivity contribution in [3.63, 3.8) is 0 Å². The lowest BCUT2D eigenvalue weighted by Crippen LogP contribution is -2.46. The second-order valence-electron chi connectivity index (χ2n) is 16.0. The molecule has 0 aromatic heterocycles. The van der Waals surface area contributed by atoms with Gasteiger partial charge in [-0.1, -0.05) is 79.7 Å². The molecule has 0 saturated heterocycles. The first-order chi connectivity index (χ1) is 23.6. The summed E-state index contributed by atoms with van der Waals surface area (Å²) in [5, 5.41) is 6.45. The fourth-order valence-corrected chi connectivity index (χ4v) is 8.53. The summed E-state index contributed by atoms with van der Waals surface area (Å²) in [5.74, 6) is -1.29. The van der Waals surface area contributed by atoms with Gasteiger partial charge in [0.15, 0.2) is 0 Å². The number of nitrogen functional groups attached to an aromatic ring is 1. The number of hydrogen-bond donors (Lipinski definition) is 1. The van der Waals surface area contributed by atoms with E-state index in [1.54, 1.807) is 0 Å². The zero-order valence-corrected chi connectivity index (χ0v) is 29.9. The van der Waals surface area contributed by atoms with E-state index >= 15 is 0 Å². The van der Waals surface area contributed by atoms with Crippen molar-refractivity contribution in [2.75, 3.05) is 10.6 Å². The molecule has 0 bridgehead atoms. The monoisotopic (exact) mass is 663 g/mol. The van der Waals surface area contributed by atoms with Crippen LogP contribution in [0.1, 0.15) is 121 Å². The minimum Gasteiger partial charge on any atom is -0.398 e. The van der Waals surface area contributed by atoms with E-state index in [9.17, 15) is 19.2 Å². The smallest absolute Gasteiger partial charge is 0.265 e. The van der Waals surface area contributed by atoms with Crippen molar-refractivity contribution in [1.29, 1.82) is 0 Å². The van der Waals surface area contributed by atoms with Gasteiger partial charge in [-0.2, -0.15) is 0 Å². The molecule has 0 saturated carbocycles. The molecule has 0 spiro atoms. The number of carbonyl (C=O) groups is 4. The molecule has 6 aromatic carbocycles. The highest BCUT2D eigenvalue weighted by Gasteiger charge is 2.40. The normalized spacial score (nSPS) is 15.3. The fraction of sp³-hybridized carbons (Fsp3) is 0.302. The number of fused-ring (bicyclic) bond motifs is 2. The van der Waals surface area contributed by atoms with Crippen molar-refractivity contribution in [1.82, 2.24) is 4.90 Å². The molecule has 8 rings (SSSR count). The number of carbonyl (C=O) groups excluding carboxylic acids is 4. The predicted octanol–water partition coefficient (Wildman–Crippen LogP) is 9.50. The lowest BCUT2D eigenvalue weighted by Gasteiger charge is -2.35. The van der Waals surface area contributed by atoms with Crippen molar-refractivity contribution in [3.8, 4) is 0 Å². The SMILES string of the molecule is CCC(CC)N1C(=O)c2ccc3c4ccc5c6c(ccc(c7ccc(c2c37)C1=O)c64)C(=O)N(c1cc(C(C)(C)C)c(N)cc1C(C)(C)C)C5=O. The van der Waals surface area contributed by atoms with Gasteiger partial charge in [-0.15, -0.1) is 0 Å². The molecule has 0 fully saturated rings. The van der Waals surface area contributed by atoms with Crippen LogP contribution in [0, 0.1) is 0 Å². The summed E-state index contributed by atoms with van der Waals surface area (Å²) >= 11 is 0. The van der Waals surface area contributed by atoms with E-state index in [2.05, 4.69) is 41.5 Å². The van der Waals surface area contributed by atoms with Crippen LogP contribution in [0.2, 0.25) is 0 Å². The Bertz CT molecular complexity index is 2410. The number of nitrogens with zero attached hydrogens (tertiary/aromatic N) is 2. The van der Waals surface area contributed by atoms with Crippen molar-refractivity contribution < 1.29 is 19.2 Å². The standard InChI is InChI=1S/C43H41N3O4/c1-9-21(10-2)45-38(47)26-15-11-22-24-13-17-28-37-29(18-14-25(35(24)37)23-12-16-27(39(45)48)36(26)34(22)23)41(50)46(40(28)49)33-20-30(42(3,4)5)32(44)19-31(33)43(6,7)8/h11-21H,9-10,44H2,1-8H3. The number of anilines is 2. The van der Waals surface area contributed by atoms with Crippen LogP contribution in [-0.2, 0) is 10.8 Å². The Kier molecular flexibility index (Phi) is 6.62. The van der Waals surface area contributed by atoms with Crippen molar-refractivity contribution >= 4 is 78.1 Å². The third-order valence-electron chi connectivity index (χ3n) is 11.0. The van der Waals surface area contributed by atoms with Crippen LogP contribution in [0.15, 0.2) is 60.7 Å². The van der Waals surface area contributed by atoms with Crippen LogP contribution in [0.4, 0.5) is 11.4 Å². The largest absolute Gasteiger partial charge is 0.398 e. The lowest BCUT2D eigenvalue weighted by atomic mass is 9.79.